The Balaban J connectivity index is 2.40. The summed E-state index contributed by atoms with van der Waals surface area (Å²) in [5.74, 6) is -0.807. The number of carboxylic acid groups (broad SMARTS) is 1. The molecular weight excluding hydrogens is 256 g/mol. The summed E-state index contributed by atoms with van der Waals surface area (Å²) in [5.41, 5.74) is 0.582. The van der Waals surface area contributed by atoms with Gasteiger partial charge in [-0.15, -0.1) is 0 Å². The molecule has 0 saturated carbocycles. The van der Waals surface area contributed by atoms with Gasteiger partial charge in [0, 0.05) is 17.4 Å². The predicted octanol–water partition coefficient (Wildman–Crippen LogP) is 2.93. The van der Waals surface area contributed by atoms with Crippen LogP contribution in [0.4, 0.5) is 0 Å². The fourth-order valence-electron chi connectivity index (χ4n) is 1.33. The van der Waals surface area contributed by atoms with Gasteiger partial charge in [0.2, 0.25) is 5.69 Å². The third-order valence-corrected chi connectivity index (χ3v) is 2.46. The Morgan fingerprint density at radius 2 is 2.06 bits per heavy atom. The fraction of sp³-hybridized carbons (Fsp3) is 0.0833. The molecule has 0 fully saturated rings. The van der Waals surface area contributed by atoms with Crippen LogP contribution in [-0.4, -0.2) is 21.0 Å². The van der Waals surface area contributed by atoms with Crippen LogP contribution >= 0.6 is 11.6 Å². The zero-order valence-electron chi connectivity index (χ0n) is 9.42. The average Bonchev–Trinajstić information content (AvgIpc) is 2.34. The highest BCUT2D eigenvalue weighted by atomic mass is 35.5. The van der Waals surface area contributed by atoms with E-state index in [0.717, 1.165) is 5.56 Å². The molecule has 2 rings (SSSR count). The predicted molar refractivity (Wildman–Crippen MR) is 65.3 cm³/mol. The quantitative estimate of drug-likeness (QED) is 0.923. The first-order valence-corrected chi connectivity index (χ1v) is 5.44. The first-order chi connectivity index (χ1) is 8.58. The van der Waals surface area contributed by atoms with Crippen molar-refractivity contribution in [3.8, 4) is 11.6 Å². The molecular formula is C12H9ClN2O3. The average molecular weight is 265 g/mol. The highest BCUT2D eigenvalue weighted by Crippen LogP contribution is 2.27. The molecule has 0 bridgehead atoms. The SMILES string of the molecule is Cc1ccc(Cl)cc1Oc1nccnc1C(=O)O. The molecule has 6 heteroatoms. The summed E-state index contributed by atoms with van der Waals surface area (Å²) < 4.78 is 5.44. The number of rotatable bonds is 3. The molecule has 2 aromatic rings. The van der Waals surface area contributed by atoms with Crippen molar-refractivity contribution in [1.82, 2.24) is 9.97 Å². The number of ether oxygens (including phenoxy) is 1. The highest BCUT2D eigenvalue weighted by Gasteiger charge is 2.15. The summed E-state index contributed by atoms with van der Waals surface area (Å²) in [6, 6.07) is 5.09. The third-order valence-electron chi connectivity index (χ3n) is 2.22. The molecule has 0 saturated heterocycles. The fourth-order valence-corrected chi connectivity index (χ4v) is 1.50. The lowest BCUT2D eigenvalue weighted by atomic mass is 10.2. The molecule has 1 aromatic heterocycles. The summed E-state index contributed by atoms with van der Waals surface area (Å²) in [5, 5.41) is 9.46. The van der Waals surface area contributed by atoms with Crippen molar-refractivity contribution in [3.63, 3.8) is 0 Å². The zero-order valence-corrected chi connectivity index (χ0v) is 10.2. The summed E-state index contributed by atoms with van der Waals surface area (Å²) in [7, 11) is 0. The van der Waals surface area contributed by atoms with Crippen LogP contribution in [0.25, 0.3) is 0 Å². The Kier molecular flexibility index (Phi) is 3.43. The molecule has 1 aromatic carbocycles. The number of aryl methyl sites for hydroxylation is 1. The van der Waals surface area contributed by atoms with E-state index in [4.69, 9.17) is 21.4 Å². The number of carboxylic acids is 1. The molecule has 18 heavy (non-hydrogen) atoms. The summed E-state index contributed by atoms with van der Waals surface area (Å²) in [6.45, 7) is 1.82. The first-order valence-electron chi connectivity index (χ1n) is 5.06. The van der Waals surface area contributed by atoms with Gasteiger partial charge in [-0.3, -0.25) is 0 Å². The van der Waals surface area contributed by atoms with Crippen LogP contribution in [0, 0.1) is 6.92 Å². The van der Waals surface area contributed by atoms with E-state index in [1.807, 2.05) is 6.92 Å². The summed E-state index contributed by atoms with van der Waals surface area (Å²) in [6.07, 6.45) is 2.66. The molecule has 0 unspecified atom stereocenters. The summed E-state index contributed by atoms with van der Waals surface area (Å²) >= 11 is 5.85. The van der Waals surface area contributed by atoms with E-state index < -0.39 is 5.97 Å². The van der Waals surface area contributed by atoms with Crippen molar-refractivity contribution in [3.05, 3.63) is 46.9 Å². The van der Waals surface area contributed by atoms with Gasteiger partial charge in [0.15, 0.2) is 0 Å². The largest absolute Gasteiger partial charge is 0.476 e. The molecule has 0 radical (unpaired) electrons. The summed E-state index contributed by atoms with van der Waals surface area (Å²) in [4.78, 5) is 18.5. The van der Waals surface area contributed by atoms with Gasteiger partial charge in [-0.1, -0.05) is 17.7 Å². The van der Waals surface area contributed by atoms with E-state index in [2.05, 4.69) is 9.97 Å². The van der Waals surface area contributed by atoms with Gasteiger partial charge < -0.3 is 9.84 Å². The topological polar surface area (TPSA) is 72.3 Å². The van der Waals surface area contributed by atoms with Crippen molar-refractivity contribution in [1.29, 1.82) is 0 Å². The number of aromatic nitrogens is 2. The molecule has 1 heterocycles. The van der Waals surface area contributed by atoms with Crippen molar-refractivity contribution in [2.75, 3.05) is 0 Å². The minimum Gasteiger partial charge on any atom is -0.476 e. The van der Waals surface area contributed by atoms with Gasteiger partial charge >= 0.3 is 5.97 Å². The molecule has 0 atom stereocenters. The lowest BCUT2D eigenvalue weighted by molar-refractivity contribution is 0.0686. The highest BCUT2D eigenvalue weighted by molar-refractivity contribution is 6.30. The van der Waals surface area contributed by atoms with Gasteiger partial charge in [-0.2, -0.15) is 0 Å². The molecule has 0 amide bonds. The Hall–Kier alpha value is -2.14. The van der Waals surface area contributed by atoms with E-state index in [-0.39, 0.29) is 11.6 Å². The number of hydrogen-bond acceptors (Lipinski definition) is 4. The number of carbonyl (C=O) groups is 1. The van der Waals surface area contributed by atoms with Crippen LogP contribution < -0.4 is 4.74 Å². The minimum absolute atomic E-state index is 0.0598. The standard InChI is InChI=1S/C12H9ClN2O3/c1-7-2-3-8(13)6-9(7)18-11-10(12(16)17)14-4-5-15-11/h2-6H,1H3,(H,16,17). The Labute approximate surface area is 108 Å². The van der Waals surface area contributed by atoms with Crippen molar-refractivity contribution < 1.29 is 14.6 Å². The Morgan fingerprint density at radius 3 is 2.78 bits per heavy atom. The van der Waals surface area contributed by atoms with Crippen LogP contribution in [-0.2, 0) is 0 Å². The second-order valence-electron chi connectivity index (χ2n) is 3.53. The van der Waals surface area contributed by atoms with Crippen LogP contribution in [0.5, 0.6) is 11.6 Å². The number of nitrogens with zero attached hydrogens (tertiary/aromatic N) is 2. The van der Waals surface area contributed by atoms with E-state index >= 15 is 0 Å². The van der Waals surface area contributed by atoms with Gasteiger partial charge in [0.1, 0.15) is 5.75 Å². The van der Waals surface area contributed by atoms with E-state index in [1.54, 1.807) is 18.2 Å². The third kappa shape index (κ3) is 2.57. The lowest BCUT2D eigenvalue weighted by Gasteiger charge is -2.09. The van der Waals surface area contributed by atoms with Crippen molar-refractivity contribution in [2.45, 2.75) is 6.92 Å². The van der Waals surface area contributed by atoms with Gasteiger partial charge in [0.25, 0.3) is 5.88 Å². The second-order valence-corrected chi connectivity index (χ2v) is 3.96. The molecule has 92 valence electrons. The Bertz CT molecular complexity index is 602. The van der Waals surface area contributed by atoms with E-state index in [1.165, 1.54) is 12.4 Å². The van der Waals surface area contributed by atoms with Crippen molar-refractivity contribution >= 4 is 17.6 Å². The van der Waals surface area contributed by atoms with Crippen LogP contribution in [0.3, 0.4) is 0 Å². The van der Waals surface area contributed by atoms with Gasteiger partial charge in [-0.05, 0) is 24.6 Å². The molecule has 0 aliphatic rings. The first kappa shape index (κ1) is 12.3. The molecule has 5 nitrogen and oxygen atoms in total. The van der Waals surface area contributed by atoms with Crippen molar-refractivity contribution in [2.24, 2.45) is 0 Å². The van der Waals surface area contributed by atoms with Crippen LogP contribution in [0.2, 0.25) is 5.02 Å². The minimum atomic E-state index is -1.20. The maximum atomic E-state index is 11.0. The zero-order chi connectivity index (χ0) is 13.1. The number of hydrogen-bond donors (Lipinski definition) is 1. The van der Waals surface area contributed by atoms with E-state index in [9.17, 15) is 4.79 Å². The van der Waals surface area contributed by atoms with Crippen LogP contribution in [0.15, 0.2) is 30.6 Å². The van der Waals surface area contributed by atoms with Gasteiger partial charge in [-0.25, -0.2) is 14.8 Å². The number of aromatic carboxylic acids is 1. The smallest absolute Gasteiger partial charge is 0.360 e. The molecule has 0 aliphatic carbocycles. The van der Waals surface area contributed by atoms with E-state index in [0.29, 0.717) is 10.8 Å². The Morgan fingerprint density at radius 1 is 1.33 bits per heavy atom. The number of benzene rings is 1. The normalized spacial score (nSPS) is 10.1. The molecule has 1 N–H and O–H groups in total. The molecule has 0 aliphatic heterocycles. The molecule has 0 spiro atoms. The lowest BCUT2D eigenvalue weighted by Crippen LogP contribution is -2.04. The monoisotopic (exact) mass is 264 g/mol. The van der Waals surface area contributed by atoms with Crippen LogP contribution in [0.1, 0.15) is 16.1 Å². The second kappa shape index (κ2) is 5.01. The number of halogens is 1. The van der Waals surface area contributed by atoms with Gasteiger partial charge in [0.05, 0.1) is 0 Å². The maximum absolute atomic E-state index is 11.0. The maximum Gasteiger partial charge on any atom is 0.360 e.